The number of nitrogens with zero attached hydrogens (tertiary/aromatic N) is 1. The van der Waals surface area contributed by atoms with Crippen LogP contribution in [0.2, 0.25) is 0 Å². The third-order valence-electron chi connectivity index (χ3n) is 3.33. The standard InChI is InChI=1S/C17H29N3O4.HI/c1-21-10-11-24-9-5-4-8-19-17(18)20-13-14-6-7-15(22-2)16(12-14)23-3;/h6-7,12H,4-5,8-11,13H2,1-3H3,(H3,18,19,20);1H. The molecule has 0 unspecified atom stereocenters. The fraction of sp³-hybridized carbons (Fsp3) is 0.588. The molecule has 0 amide bonds. The Morgan fingerprint density at radius 3 is 2.48 bits per heavy atom. The summed E-state index contributed by atoms with van der Waals surface area (Å²) >= 11 is 0. The SMILES string of the molecule is COCCOCCCCNC(N)=NCc1ccc(OC)c(OC)c1.I. The molecular weight excluding hydrogens is 437 g/mol. The van der Waals surface area contributed by atoms with Gasteiger partial charge in [0.1, 0.15) is 0 Å². The molecular formula is C17H30IN3O4. The maximum absolute atomic E-state index is 5.86. The molecule has 0 aliphatic heterocycles. The predicted octanol–water partition coefficient (Wildman–Crippen LogP) is 2.17. The number of nitrogens with one attached hydrogen (secondary N) is 1. The van der Waals surface area contributed by atoms with Crippen LogP contribution in [0.1, 0.15) is 18.4 Å². The van der Waals surface area contributed by atoms with Gasteiger partial charge >= 0.3 is 0 Å². The van der Waals surface area contributed by atoms with Crippen molar-refractivity contribution in [2.24, 2.45) is 10.7 Å². The lowest BCUT2D eigenvalue weighted by atomic mass is 10.2. The zero-order valence-corrected chi connectivity index (χ0v) is 17.6. The van der Waals surface area contributed by atoms with Gasteiger partial charge in [0.2, 0.25) is 0 Å². The predicted molar refractivity (Wildman–Crippen MR) is 110 cm³/mol. The summed E-state index contributed by atoms with van der Waals surface area (Å²) in [6.45, 7) is 3.26. The van der Waals surface area contributed by atoms with Crippen LogP contribution in [-0.2, 0) is 16.0 Å². The molecule has 25 heavy (non-hydrogen) atoms. The van der Waals surface area contributed by atoms with E-state index in [-0.39, 0.29) is 24.0 Å². The number of guanidine groups is 1. The highest BCUT2D eigenvalue weighted by Crippen LogP contribution is 2.27. The van der Waals surface area contributed by atoms with Gasteiger partial charge in [-0.25, -0.2) is 4.99 Å². The van der Waals surface area contributed by atoms with Gasteiger partial charge in [-0.05, 0) is 30.5 Å². The van der Waals surface area contributed by atoms with Gasteiger partial charge < -0.3 is 30.0 Å². The molecule has 0 aliphatic rings. The topological polar surface area (TPSA) is 87.3 Å². The first-order chi connectivity index (χ1) is 11.7. The van der Waals surface area contributed by atoms with Gasteiger partial charge in [0.25, 0.3) is 0 Å². The summed E-state index contributed by atoms with van der Waals surface area (Å²) in [5.74, 6) is 1.82. The summed E-state index contributed by atoms with van der Waals surface area (Å²) < 4.78 is 20.8. The first kappa shape index (κ1) is 23.7. The van der Waals surface area contributed by atoms with Crippen molar-refractivity contribution in [3.05, 3.63) is 23.8 Å². The second-order valence-electron chi connectivity index (χ2n) is 5.13. The molecule has 1 aromatic rings. The fourth-order valence-corrected chi connectivity index (χ4v) is 2.00. The smallest absolute Gasteiger partial charge is 0.188 e. The molecule has 0 aromatic heterocycles. The highest BCUT2D eigenvalue weighted by Gasteiger charge is 2.04. The van der Waals surface area contributed by atoms with E-state index in [9.17, 15) is 0 Å². The second kappa shape index (κ2) is 15.0. The lowest BCUT2D eigenvalue weighted by Crippen LogP contribution is -2.32. The summed E-state index contributed by atoms with van der Waals surface area (Å²) in [6.07, 6.45) is 1.94. The number of hydrogen-bond donors (Lipinski definition) is 2. The van der Waals surface area contributed by atoms with Gasteiger partial charge in [0.05, 0.1) is 34.0 Å². The van der Waals surface area contributed by atoms with Crippen LogP contribution in [0.5, 0.6) is 11.5 Å². The summed E-state index contributed by atoms with van der Waals surface area (Å²) in [6, 6.07) is 5.69. The average Bonchev–Trinajstić information content (AvgIpc) is 2.61. The van der Waals surface area contributed by atoms with Gasteiger partial charge in [0, 0.05) is 20.3 Å². The minimum absolute atomic E-state index is 0. The molecule has 0 heterocycles. The van der Waals surface area contributed by atoms with Crippen LogP contribution in [-0.4, -0.2) is 53.7 Å². The van der Waals surface area contributed by atoms with Crippen LogP contribution in [0, 0.1) is 0 Å². The van der Waals surface area contributed by atoms with Crippen LogP contribution in [0.4, 0.5) is 0 Å². The molecule has 0 saturated heterocycles. The van der Waals surface area contributed by atoms with Gasteiger partial charge in [0.15, 0.2) is 17.5 Å². The molecule has 1 aromatic carbocycles. The molecule has 0 radical (unpaired) electrons. The van der Waals surface area contributed by atoms with E-state index >= 15 is 0 Å². The van der Waals surface area contributed by atoms with E-state index in [0.29, 0.717) is 37.2 Å². The van der Waals surface area contributed by atoms with Gasteiger partial charge in [-0.2, -0.15) is 0 Å². The Bertz CT molecular complexity index is 501. The number of unbranched alkanes of at least 4 members (excludes halogenated alkanes) is 1. The van der Waals surface area contributed by atoms with Crippen molar-refractivity contribution in [3.8, 4) is 11.5 Å². The van der Waals surface area contributed by atoms with Crippen molar-refractivity contribution < 1.29 is 18.9 Å². The lowest BCUT2D eigenvalue weighted by molar-refractivity contribution is 0.0689. The Labute approximate surface area is 167 Å². The molecule has 3 N–H and O–H groups in total. The Hall–Kier alpha value is -1.26. The fourth-order valence-electron chi connectivity index (χ4n) is 2.00. The van der Waals surface area contributed by atoms with Crippen LogP contribution in [0.15, 0.2) is 23.2 Å². The Morgan fingerprint density at radius 1 is 1.04 bits per heavy atom. The first-order valence-corrected chi connectivity index (χ1v) is 8.02. The molecule has 0 fully saturated rings. The molecule has 0 spiro atoms. The van der Waals surface area contributed by atoms with Gasteiger partial charge in [-0.3, -0.25) is 0 Å². The average molecular weight is 467 g/mol. The molecule has 0 bridgehead atoms. The molecule has 0 atom stereocenters. The summed E-state index contributed by atoms with van der Waals surface area (Å²) in [5, 5.41) is 3.10. The van der Waals surface area contributed by atoms with Crippen LogP contribution in [0.3, 0.4) is 0 Å². The van der Waals surface area contributed by atoms with Crippen molar-refractivity contribution in [1.82, 2.24) is 5.32 Å². The van der Waals surface area contributed by atoms with E-state index in [1.807, 2.05) is 18.2 Å². The Morgan fingerprint density at radius 2 is 1.80 bits per heavy atom. The summed E-state index contributed by atoms with van der Waals surface area (Å²) in [5.41, 5.74) is 6.87. The number of methoxy groups -OCH3 is 3. The Kier molecular flexibility index (Phi) is 14.3. The zero-order valence-electron chi connectivity index (χ0n) is 15.2. The van der Waals surface area contributed by atoms with Crippen LogP contribution >= 0.6 is 24.0 Å². The maximum atomic E-state index is 5.86. The third kappa shape index (κ3) is 10.4. The minimum Gasteiger partial charge on any atom is -0.493 e. The second-order valence-corrected chi connectivity index (χ2v) is 5.13. The van der Waals surface area contributed by atoms with Crippen molar-refractivity contribution in [2.75, 3.05) is 47.7 Å². The third-order valence-corrected chi connectivity index (χ3v) is 3.33. The summed E-state index contributed by atoms with van der Waals surface area (Å²) in [4.78, 5) is 4.32. The summed E-state index contributed by atoms with van der Waals surface area (Å²) in [7, 11) is 4.89. The van der Waals surface area contributed by atoms with Crippen molar-refractivity contribution in [3.63, 3.8) is 0 Å². The normalized spacial score (nSPS) is 10.9. The van der Waals surface area contributed by atoms with E-state index in [0.717, 1.165) is 31.6 Å². The van der Waals surface area contributed by atoms with E-state index in [1.54, 1.807) is 21.3 Å². The van der Waals surface area contributed by atoms with Gasteiger partial charge in [-0.15, -0.1) is 24.0 Å². The van der Waals surface area contributed by atoms with Crippen molar-refractivity contribution in [1.29, 1.82) is 0 Å². The van der Waals surface area contributed by atoms with E-state index in [4.69, 9.17) is 24.7 Å². The van der Waals surface area contributed by atoms with Gasteiger partial charge in [-0.1, -0.05) is 6.07 Å². The quantitative estimate of drug-likeness (QED) is 0.212. The largest absolute Gasteiger partial charge is 0.493 e. The Balaban J connectivity index is 0.00000576. The number of rotatable bonds is 12. The van der Waals surface area contributed by atoms with E-state index in [1.165, 1.54) is 0 Å². The maximum Gasteiger partial charge on any atom is 0.188 e. The first-order valence-electron chi connectivity index (χ1n) is 8.02. The zero-order chi connectivity index (χ0) is 17.6. The molecule has 1 rings (SSSR count). The highest BCUT2D eigenvalue weighted by molar-refractivity contribution is 14.0. The molecule has 0 saturated carbocycles. The molecule has 144 valence electrons. The van der Waals surface area contributed by atoms with E-state index in [2.05, 4.69) is 10.3 Å². The number of aliphatic imine (C=N–C) groups is 1. The number of hydrogen-bond acceptors (Lipinski definition) is 5. The minimum atomic E-state index is 0. The molecule has 8 heteroatoms. The number of ether oxygens (including phenoxy) is 4. The molecule has 7 nitrogen and oxygen atoms in total. The molecule has 0 aliphatic carbocycles. The monoisotopic (exact) mass is 467 g/mol. The van der Waals surface area contributed by atoms with Crippen molar-refractivity contribution in [2.45, 2.75) is 19.4 Å². The highest BCUT2D eigenvalue weighted by atomic mass is 127. The lowest BCUT2D eigenvalue weighted by Gasteiger charge is -2.09. The number of halogens is 1. The van der Waals surface area contributed by atoms with Crippen LogP contribution in [0.25, 0.3) is 0 Å². The van der Waals surface area contributed by atoms with E-state index < -0.39 is 0 Å². The van der Waals surface area contributed by atoms with Crippen molar-refractivity contribution >= 4 is 29.9 Å². The number of benzene rings is 1. The number of nitrogens with two attached hydrogens (primary N) is 1. The van der Waals surface area contributed by atoms with Crippen LogP contribution < -0.4 is 20.5 Å².